The summed E-state index contributed by atoms with van der Waals surface area (Å²) in [4.78, 5) is 14.4. The van der Waals surface area contributed by atoms with Crippen molar-refractivity contribution in [3.63, 3.8) is 0 Å². The Morgan fingerprint density at radius 1 is 1.12 bits per heavy atom. The maximum Gasteiger partial charge on any atom is 0.271 e. The molecule has 2 aromatic carbocycles. The van der Waals surface area contributed by atoms with E-state index >= 15 is 0 Å². The molecular formula is C20H18N2OS2. The molecule has 1 N–H and O–H groups in total. The minimum absolute atomic E-state index is 0.201. The molecule has 3 rings (SSSR count). The Hall–Kier alpha value is -2.37. The number of hydrogen-bond donors (Lipinski definition) is 1. The van der Waals surface area contributed by atoms with Crippen molar-refractivity contribution in [2.45, 2.75) is 17.6 Å². The number of nitrogens with one attached hydrogen (secondary N) is 1. The molecule has 25 heavy (non-hydrogen) atoms. The van der Waals surface area contributed by atoms with Gasteiger partial charge >= 0.3 is 0 Å². The molecule has 0 spiro atoms. The number of hydrazone groups is 1. The number of thioether (sulfide) groups is 1. The third-order valence-corrected chi connectivity index (χ3v) is 5.65. The first kappa shape index (κ1) is 17.5. The van der Waals surface area contributed by atoms with Crippen LogP contribution >= 0.6 is 23.1 Å². The summed E-state index contributed by atoms with van der Waals surface area (Å²) in [5.74, 6) is 0.676. The molecule has 0 aliphatic rings. The Morgan fingerprint density at radius 3 is 2.56 bits per heavy atom. The number of amides is 1. The van der Waals surface area contributed by atoms with E-state index in [2.05, 4.69) is 22.7 Å². The van der Waals surface area contributed by atoms with Gasteiger partial charge in [0.1, 0.15) is 0 Å². The predicted molar refractivity (Wildman–Crippen MR) is 107 cm³/mol. The molecule has 0 bridgehead atoms. The van der Waals surface area contributed by atoms with E-state index in [9.17, 15) is 4.79 Å². The van der Waals surface area contributed by atoms with Gasteiger partial charge in [-0.1, -0.05) is 30.3 Å². The number of benzene rings is 2. The summed E-state index contributed by atoms with van der Waals surface area (Å²) in [5, 5.41) is 6.04. The SMILES string of the molecule is Cc1ccsc1/C=N\NC(=O)c1ccc(CSc2ccccc2)cc1. The van der Waals surface area contributed by atoms with Crippen molar-refractivity contribution in [3.8, 4) is 0 Å². The third kappa shape index (κ3) is 5.05. The number of thiophene rings is 1. The number of rotatable bonds is 6. The fourth-order valence-electron chi connectivity index (χ4n) is 2.17. The van der Waals surface area contributed by atoms with Gasteiger partial charge in [0, 0.05) is 21.1 Å². The fraction of sp³-hybridized carbons (Fsp3) is 0.100. The van der Waals surface area contributed by atoms with Crippen LogP contribution in [-0.2, 0) is 5.75 Å². The first-order chi connectivity index (χ1) is 12.2. The lowest BCUT2D eigenvalue weighted by Gasteiger charge is -2.04. The van der Waals surface area contributed by atoms with Crippen LogP contribution < -0.4 is 5.43 Å². The van der Waals surface area contributed by atoms with Gasteiger partial charge in [-0.05, 0) is 53.8 Å². The van der Waals surface area contributed by atoms with Crippen LogP contribution in [0, 0.1) is 6.92 Å². The standard InChI is InChI=1S/C20H18N2OS2/c1-15-11-12-24-19(15)13-21-22-20(23)17-9-7-16(8-10-17)14-25-18-5-3-2-4-6-18/h2-13H,14H2,1H3,(H,22,23)/b21-13-. The quantitative estimate of drug-likeness (QED) is 0.374. The van der Waals surface area contributed by atoms with Gasteiger partial charge in [-0.25, -0.2) is 5.43 Å². The normalized spacial score (nSPS) is 10.9. The molecule has 0 atom stereocenters. The van der Waals surface area contributed by atoms with E-state index in [1.54, 1.807) is 29.3 Å². The van der Waals surface area contributed by atoms with Crippen LogP contribution in [0.4, 0.5) is 0 Å². The van der Waals surface area contributed by atoms with Crippen molar-refractivity contribution in [2.24, 2.45) is 5.10 Å². The maximum absolute atomic E-state index is 12.1. The van der Waals surface area contributed by atoms with Crippen LogP contribution in [0.2, 0.25) is 0 Å². The molecule has 126 valence electrons. The van der Waals surface area contributed by atoms with Gasteiger partial charge in [0.25, 0.3) is 5.91 Å². The average Bonchev–Trinajstić information content (AvgIpc) is 3.06. The Labute approximate surface area is 155 Å². The monoisotopic (exact) mass is 366 g/mol. The first-order valence-corrected chi connectivity index (χ1v) is 9.73. The molecule has 0 unspecified atom stereocenters. The molecule has 1 aromatic heterocycles. The molecule has 3 nitrogen and oxygen atoms in total. The van der Waals surface area contributed by atoms with E-state index < -0.39 is 0 Å². The second kappa shape index (κ2) is 8.65. The zero-order valence-electron chi connectivity index (χ0n) is 13.8. The minimum Gasteiger partial charge on any atom is -0.267 e. The van der Waals surface area contributed by atoms with Crippen molar-refractivity contribution in [3.05, 3.63) is 87.6 Å². The minimum atomic E-state index is -0.201. The van der Waals surface area contributed by atoms with Crippen molar-refractivity contribution < 1.29 is 4.79 Å². The van der Waals surface area contributed by atoms with Crippen molar-refractivity contribution in [1.82, 2.24) is 5.43 Å². The maximum atomic E-state index is 12.1. The molecule has 0 radical (unpaired) electrons. The Kier molecular flexibility index (Phi) is 6.04. The van der Waals surface area contributed by atoms with E-state index in [0.29, 0.717) is 5.56 Å². The molecule has 0 saturated carbocycles. The van der Waals surface area contributed by atoms with Gasteiger partial charge < -0.3 is 0 Å². The highest BCUT2D eigenvalue weighted by molar-refractivity contribution is 7.98. The zero-order valence-corrected chi connectivity index (χ0v) is 15.4. The number of aryl methyl sites for hydroxylation is 1. The van der Waals surface area contributed by atoms with Crippen LogP contribution in [-0.4, -0.2) is 12.1 Å². The van der Waals surface area contributed by atoms with E-state index in [1.807, 2.05) is 60.8 Å². The predicted octanol–water partition coefficient (Wildman–Crippen LogP) is 5.11. The highest BCUT2D eigenvalue weighted by Crippen LogP contribution is 2.22. The van der Waals surface area contributed by atoms with Crippen LogP contribution in [0.1, 0.15) is 26.4 Å². The molecule has 0 fully saturated rings. The molecule has 1 amide bonds. The van der Waals surface area contributed by atoms with E-state index in [4.69, 9.17) is 0 Å². The van der Waals surface area contributed by atoms with Crippen molar-refractivity contribution in [2.75, 3.05) is 0 Å². The van der Waals surface area contributed by atoms with Crippen molar-refractivity contribution >= 4 is 35.2 Å². The number of nitrogens with zero attached hydrogens (tertiary/aromatic N) is 1. The van der Waals surface area contributed by atoms with Crippen LogP contribution in [0.15, 0.2) is 76.0 Å². The van der Waals surface area contributed by atoms with Gasteiger partial charge in [-0.3, -0.25) is 4.79 Å². The fourth-order valence-corrected chi connectivity index (χ4v) is 3.83. The Morgan fingerprint density at radius 2 is 1.88 bits per heavy atom. The summed E-state index contributed by atoms with van der Waals surface area (Å²) >= 11 is 3.38. The smallest absolute Gasteiger partial charge is 0.267 e. The van der Waals surface area contributed by atoms with Crippen LogP contribution in [0.5, 0.6) is 0 Å². The lowest BCUT2D eigenvalue weighted by atomic mass is 10.1. The zero-order chi connectivity index (χ0) is 17.5. The summed E-state index contributed by atoms with van der Waals surface area (Å²) in [6.07, 6.45) is 1.68. The number of hydrogen-bond acceptors (Lipinski definition) is 4. The van der Waals surface area contributed by atoms with Crippen molar-refractivity contribution in [1.29, 1.82) is 0 Å². The molecule has 0 aliphatic carbocycles. The summed E-state index contributed by atoms with van der Waals surface area (Å²) < 4.78 is 0. The summed E-state index contributed by atoms with van der Waals surface area (Å²) in [5.41, 5.74) is 5.52. The number of carbonyl (C=O) groups is 1. The Bertz CT molecular complexity index is 855. The number of carbonyl (C=O) groups excluding carboxylic acids is 1. The summed E-state index contributed by atoms with van der Waals surface area (Å²) in [6.45, 7) is 2.02. The molecular weight excluding hydrogens is 348 g/mol. The molecule has 1 heterocycles. The topological polar surface area (TPSA) is 41.5 Å². The third-order valence-electron chi connectivity index (χ3n) is 3.61. The molecule has 0 aliphatic heterocycles. The largest absolute Gasteiger partial charge is 0.271 e. The van der Waals surface area contributed by atoms with E-state index in [1.165, 1.54) is 10.5 Å². The van der Waals surface area contributed by atoms with E-state index in [-0.39, 0.29) is 5.91 Å². The molecule has 3 aromatic rings. The van der Waals surface area contributed by atoms with Gasteiger partial charge in [-0.15, -0.1) is 23.1 Å². The van der Waals surface area contributed by atoms with Crippen LogP contribution in [0.3, 0.4) is 0 Å². The highest BCUT2D eigenvalue weighted by Gasteiger charge is 2.04. The molecule has 0 saturated heterocycles. The molecule has 5 heteroatoms. The van der Waals surface area contributed by atoms with Gasteiger partial charge in [0.15, 0.2) is 0 Å². The van der Waals surface area contributed by atoms with Crippen LogP contribution in [0.25, 0.3) is 0 Å². The highest BCUT2D eigenvalue weighted by atomic mass is 32.2. The first-order valence-electron chi connectivity index (χ1n) is 7.86. The van der Waals surface area contributed by atoms with Gasteiger partial charge in [-0.2, -0.15) is 5.10 Å². The summed E-state index contributed by atoms with van der Waals surface area (Å²) in [6, 6.07) is 19.9. The second-order valence-corrected chi connectivity index (χ2v) is 7.46. The lowest BCUT2D eigenvalue weighted by molar-refractivity contribution is 0.0955. The van der Waals surface area contributed by atoms with E-state index in [0.717, 1.165) is 16.2 Å². The average molecular weight is 367 g/mol. The second-order valence-electron chi connectivity index (χ2n) is 5.47. The summed E-state index contributed by atoms with van der Waals surface area (Å²) in [7, 11) is 0. The Balaban J connectivity index is 1.53. The lowest BCUT2D eigenvalue weighted by Crippen LogP contribution is -2.17. The van der Waals surface area contributed by atoms with Gasteiger partial charge in [0.2, 0.25) is 0 Å². The van der Waals surface area contributed by atoms with Gasteiger partial charge in [0.05, 0.1) is 6.21 Å².